The number of hydrogen-bond donors (Lipinski definition) is 0. The second-order valence-corrected chi connectivity index (χ2v) is 14.1. The summed E-state index contributed by atoms with van der Waals surface area (Å²) in [5, 5.41) is 13.3. The third kappa shape index (κ3) is 3.91. The highest BCUT2D eigenvalue weighted by Gasteiger charge is 2.26. The fourth-order valence-electron chi connectivity index (χ4n) is 9.13. The molecule has 3 heterocycles. The highest BCUT2D eigenvalue weighted by Crippen LogP contribution is 2.50. The summed E-state index contributed by atoms with van der Waals surface area (Å²) in [5.41, 5.74) is 8.64. The largest absolute Gasteiger partial charge is 0.309 e. The van der Waals surface area contributed by atoms with Gasteiger partial charge in [0.15, 0.2) is 0 Å². The summed E-state index contributed by atoms with van der Waals surface area (Å²) in [4.78, 5) is 10.8. The fraction of sp³-hybridized carbons (Fsp3) is 0. The van der Waals surface area contributed by atoms with Gasteiger partial charge >= 0.3 is 0 Å². The Balaban J connectivity index is 1.38. The maximum absolute atomic E-state index is 5.45. The third-order valence-electron chi connectivity index (χ3n) is 11.3. The van der Waals surface area contributed by atoms with E-state index in [0.29, 0.717) is 5.95 Å². The molecule has 0 radical (unpaired) electrons. The molecule has 9 aromatic carbocycles. The molecule has 4 nitrogen and oxygen atoms in total. The molecule has 4 heteroatoms. The van der Waals surface area contributed by atoms with Gasteiger partial charge in [-0.25, -0.2) is 9.97 Å². The number of fused-ring (bicyclic) bond motifs is 16. The first-order valence-electron chi connectivity index (χ1n) is 18.4. The average molecular weight is 687 g/mol. The van der Waals surface area contributed by atoms with Crippen molar-refractivity contribution in [1.82, 2.24) is 19.1 Å². The minimum atomic E-state index is 0.659. The molecule has 0 amide bonds. The highest BCUT2D eigenvalue weighted by atomic mass is 15.2. The normalized spacial score (nSPS) is 12.1. The summed E-state index contributed by atoms with van der Waals surface area (Å²) in [6.45, 7) is 0. The van der Waals surface area contributed by atoms with Gasteiger partial charge in [0.25, 0.3) is 0 Å². The van der Waals surface area contributed by atoms with Crippen molar-refractivity contribution in [3.05, 3.63) is 182 Å². The monoisotopic (exact) mass is 686 g/mol. The number of benzene rings is 9. The minimum absolute atomic E-state index is 0.659. The minimum Gasteiger partial charge on any atom is -0.309 e. The number of nitrogens with zero attached hydrogens (tertiary/aromatic N) is 4. The van der Waals surface area contributed by atoms with Crippen molar-refractivity contribution in [1.29, 1.82) is 0 Å². The summed E-state index contributed by atoms with van der Waals surface area (Å²) in [6.07, 6.45) is 0. The molecule has 0 saturated heterocycles. The van der Waals surface area contributed by atoms with Gasteiger partial charge in [-0.2, -0.15) is 0 Å². The Morgan fingerprint density at radius 3 is 1.41 bits per heavy atom. The van der Waals surface area contributed by atoms with Crippen LogP contribution in [0.25, 0.3) is 110 Å². The number of hydrogen-bond acceptors (Lipinski definition) is 2. The molecule has 0 fully saturated rings. The van der Waals surface area contributed by atoms with Gasteiger partial charge in [-0.1, -0.05) is 152 Å². The summed E-state index contributed by atoms with van der Waals surface area (Å²) in [7, 11) is 0. The second-order valence-electron chi connectivity index (χ2n) is 14.1. The Labute approximate surface area is 309 Å². The van der Waals surface area contributed by atoms with Gasteiger partial charge in [-0.05, 0) is 46.5 Å². The van der Waals surface area contributed by atoms with E-state index in [1.165, 1.54) is 64.9 Å². The predicted molar refractivity (Wildman–Crippen MR) is 226 cm³/mol. The van der Waals surface area contributed by atoms with Crippen molar-refractivity contribution in [2.24, 2.45) is 0 Å². The standard InChI is InChI=1S/C50H30N4/c1-3-17-31(18-4-1)47-37-25-11-14-28-40(37)51-50(52-47)54-42-30-16-13-27-39(42)45-46-43(34-22-8-10-24-36(34)49(45)54)33-21-7-9-23-35(33)48-44(46)38-26-12-15-29-41(38)53(48)32-19-5-2-6-20-32/h1-30H. The van der Waals surface area contributed by atoms with Crippen LogP contribution in [0.4, 0.5) is 0 Å². The lowest BCUT2D eigenvalue weighted by Gasteiger charge is -2.16. The van der Waals surface area contributed by atoms with Crippen LogP contribution in [0.15, 0.2) is 182 Å². The van der Waals surface area contributed by atoms with Crippen LogP contribution in [0, 0.1) is 0 Å². The Morgan fingerprint density at radius 2 is 0.778 bits per heavy atom. The van der Waals surface area contributed by atoms with Gasteiger partial charge in [0.2, 0.25) is 5.95 Å². The van der Waals surface area contributed by atoms with Gasteiger partial charge in [0.05, 0.1) is 33.3 Å². The van der Waals surface area contributed by atoms with Crippen LogP contribution < -0.4 is 0 Å². The number of aromatic nitrogens is 4. The van der Waals surface area contributed by atoms with Crippen LogP contribution in [0.1, 0.15) is 0 Å². The van der Waals surface area contributed by atoms with Crippen LogP contribution in [-0.2, 0) is 0 Å². The van der Waals surface area contributed by atoms with E-state index in [4.69, 9.17) is 9.97 Å². The molecule has 0 aliphatic heterocycles. The van der Waals surface area contributed by atoms with Crippen molar-refractivity contribution in [3.63, 3.8) is 0 Å². The van der Waals surface area contributed by atoms with E-state index in [-0.39, 0.29) is 0 Å². The highest BCUT2D eigenvalue weighted by molar-refractivity contribution is 6.45. The van der Waals surface area contributed by atoms with Crippen molar-refractivity contribution in [3.8, 4) is 22.9 Å². The van der Waals surface area contributed by atoms with E-state index in [9.17, 15) is 0 Å². The number of para-hydroxylation sites is 4. The maximum atomic E-state index is 5.45. The van der Waals surface area contributed by atoms with E-state index < -0.39 is 0 Å². The molecule has 0 unspecified atom stereocenters. The molecule has 54 heavy (non-hydrogen) atoms. The summed E-state index contributed by atoms with van der Waals surface area (Å²) >= 11 is 0. The topological polar surface area (TPSA) is 35.6 Å². The first kappa shape index (κ1) is 29.3. The zero-order valence-corrected chi connectivity index (χ0v) is 29.1. The molecule has 0 spiro atoms. The Morgan fingerprint density at radius 1 is 0.315 bits per heavy atom. The lowest BCUT2D eigenvalue weighted by Crippen LogP contribution is -2.04. The van der Waals surface area contributed by atoms with Gasteiger partial charge in [-0.3, -0.25) is 4.57 Å². The molecule has 0 bridgehead atoms. The van der Waals surface area contributed by atoms with Crippen molar-refractivity contribution >= 4 is 86.8 Å². The zero-order valence-electron chi connectivity index (χ0n) is 29.1. The van der Waals surface area contributed by atoms with Crippen molar-refractivity contribution in [2.45, 2.75) is 0 Å². The van der Waals surface area contributed by atoms with E-state index in [0.717, 1.165) is 38.9 Å². The molecular weight excluding hydrogens is 657 g/mol. The van der Waals surface area contributed by atoms with E-state index in [1.54, 1.807) is 0 Å². The molecule has 12 aromatic rings. The van der Waals surface area contributed by atoms with Crippen LogP contribution >= 0.6 is 0 Å². The van der Waals surface area contributed by atoms with Crippen molar-refractivity contribution < 1.29 is 0 Å². The lowest BCUT2D eigenvalue weighted by atomic mass is 9.89. The molecule has 250 valence electrons. The molecule has 0 N–H and O–H groups in total. The Bertz CT molecular complexity index is 3490. The van der Waals surface area contributed by atoms with Crippen molar-refractivity contribution in [2.75, 3.05) is 0 Å². The molecule has 0 saturated carbocycles. The summed E-state index contributed by atoms with van der Waals surface area (Å²) in [5.74, 6) is 0.659. The molecule has 12 rings (SSSR count). The molecule has 3 aromatic heterocycles. The molecule has 0 aliphatic rings. The van der Waals surface area contributed by atoms with Gasteiger partial charge in [-0.15, -0.1) is 0 Å². The first-order valence-corrected chi connectivity index (χ1v) is 18.4. The SMILES string of the molecule is c1ccc(-c2nc(-n3c4ccccc4c4c5c(c6ccccc6c6c5c5ccccc5n6-c5ccccc5)c5ccccc5c43)nc3ccccc23)cc1. The molecular formula is C50H30N4. The Kier molecular flexibility index (Phi) is 6.02. The maximum Gasteiger partial charge on any atom is 0.235 e. The van der Waals surface area contributed by atoms with E-state index >= 15 is 0 Å². The van der Waals surface area contributed by atoms with Crippen LogP contribution in [0.3, 0.4) is 0 Å². The van der Waals surface area contributed by atoms with E-state index in [2.05, 4.69) is 191 Å². The quantitative estimate of drug-likeness (QED) is 0.173. The molecule has 0 aliphatic carbocycles. The molecule has 0 atom stereocenters. The predicted octanol–water partition coefficient (Wildman–Crippen LogP) is 13.0. The summed E-state index contributed by atoms with van der Waals surface area (Å²) < 4.78 is 4.79. The lowest BCUT2D eigenvalue weighted by molar-refractivity contribution is 1.02. The van der Waals surface area contributed by atoms with Gasteiger partial charge in [0, 0.05) is 54.3 Å². The Hall–Kier alpha value is -7.30. The van der Waals surface area contributed by atoms with Gasteiger partial charge < -0.3 is 4.57 Å². The first-order chi connectivity index (χ1) is 26.8. The van der Waals surface area contributed by atoms with Crippen LogP contribution in [0.2, 0.25) is 0 Å². The fourth-order valence-corrected chi connectivity index (χ4v) is 9.13. The number of rotatable bonds is 3. The third-order valence-corrected chi connectivity index (χ3v) is 11.3. The zero-order chi connectivity index (χ0) is 35.3. The second kappa shape index (κ2) is 11.1. The van der Waals surface area contributed by atoms with Crippen LogP contribution in [-0.4, -0.2) is 19.1 Å². The van der Waals surface area contributed by atoms with Gasteiger partial charge in [0.1, 0.15) is 0 Å². The smallest absolute Gasteiger partial charge is 0.235 e. The average Bonchev–Trinajstić information content (AvgIpc) is 3.78. The van der Waals surface area contributed by atoms with Crippen LogP contribution in [0.5, 0.6) is 0 Å². The summed E-state index contributed by atoms with van der Waals surface area (Å²) in [6, 6.07) is 65.2. The van der Waals surface area contributed by atoms with E-state index in [1.807, 2.05) is 0 Å².